The van der Waals surface area contributed by atoms with E-state index in [1.165, 1.54) is 18.2 Å². The molecule has 1 heterocycles. The van der Waals surface area contributed by atoms with Crippen molar-refractivity contribution in [1.82, 2.24) is 4.72 Å². The Morgan fingerprint density at radius 1 is 1.19 bits per heavy atom. The molecule has 0 bridgehead atoms. The normalized spacial score (nSPS) is 19.6. The van der Waals surface area contributed by atoms with E-state index in [-0.39, 0.29) is 4.90 Å². The summed E-state index contributed by atoms with van der Waals surface area (Å²) >= 11 is 0. The topological polar surface area (TPSA) is 102 Å². The van der Waals surface area contributed by atoms with Crippen molar-refractivity contribution in [1.29, 1.82) is 0 Å². The number of rotatable bonds is 4. The van der Waals surface area contributed by atoms with E-state index in [0.717, 1.165) is 0 Å². The molecule has 1 aliphatic carbocycles. The van der Waals surface area contributed by atoms with Crippen LogP contribution in [-0.2, 0) is 14.8 Å². The molecule has 0 saturated heterocycles. The lowest BCUT2D eigenvalue weighted by atomic mass is 9.78. The number of carbonyl (C=O) groups is 1. The summed E-state index contributed by atoms with van der Waals surface area (Å²) in [4.78, 5) is 11.2. The third-order valence-corrected chi connectivity index (χ3v) is 5.30. The van der Waals surface area contributed by atoms with Gasteiger partial charge in [-0.3, -0.25) is 4.79 Å². The van der Waals surface area contributed by atoms with Crippen molar-refractivity contribution < 1.29 is 27.8 Å². The summed E-state index contributed by atoms with van der Waals surface area (Å²) in [6.45, 7) is 0.766. The van der Waals surface area contributed by atoms with Gasteiger partial charge in [0, 0.05) is 6.07 Å². The lowest BCUT2D eigenvalue weighted by Gasteiger charge is -2.37. The highest BCUT2D eigenvalue weighted by atomic mass is 32.2. The molecule has 21 heavy (non-hydrogen) atoms. The Hall–Kier alpha value is -1.80. The number of aliphatic carboxylic acids is 1. The fourth-order valence-corrected chi connectivity index (χ4v) is 3.83. The highest BCUT2D eigenvalue weighted by Gasteiger charge is 2.47. The smallest absolute Gasteiger partial charge is 0.324 e. The van der Waals surface area contributed by atoms with Gasteiger partial charge < -0.3 is 14.6 Å². The molecule has 2 aliphatic rings. The van der Waals surface area contributed by atoms with E-state index < -0.39 is 21.5 Å². The number of hydrogen-bond acceptors (Lipinski definition) is 5. The van der Waals surface area contributed by atoms with E-state index in [0.29, 0.717) is 44.0 Å². The van der Waals surface area contributed by atoms with Gasteiger partial charge in [0.25, 0.3) is 0 Å². The number of carboxylic acid groups (broad SMARTS) is 1. The molecule has 2 N–H and O–H groups in total. The zero-order chi connectivity index (χ0) is 15.1. The molecule has 0 aromatic heterocycles. The Morgan fingerprint density at radius 2 is 1.86 bits per heavy atom. The summed E-state index contributed by atoms with van der Waals surface area (Å²) in [5.41, 5.74) is -1.38. The van der Waals surface area contributed by atoms with Crippen LogP contribution >= 0.6 is 0 Å². The minimum Gasteiger partial charge on any atom is -0.486 e. The maximum Gasteiger partial charge on any atom is 0.324 e. The number of carboxylic acids is 1. The van der Waals surface area contributed by atoms with Gasteiger partial charge in [-0.25, -0.2) is 8.42 Å². The number of nitrogens with one attached hydrogen (secondary N) is 1. The van der Waals surface area contributed by atoms with E-state index >= 15 is 0 Å². The Bertz CT molecular complexity index is 680. The molecule has 0 amide bonds. The molecule has 1 aromatic carbocycles. The lowest BCUT2D eigenvalue weighted by molar-refractivity contribution is -0.147. The van der Waals surface area contributed by atoms with Gasteiger partial charge >= 0.3 is 5.97 Å². The van der Waals surface area contributed by atoms with Gasteiger partial charge in [-0.15, -0.1) is 0 Å². The first-order valence-electron chi connectivity index (χ1n) is 6.60. The van der Waals surface area contributed by atoms with Crippen molar-refractivity contribution >= 4 is 16.0 Å². The van der Waals surface area contributed by atoms with Crippen LogP contribution in [0, 0.1) is 0 Å². The molecule has 1 aromatic rings. The molecule has 1 aliphatic heterocycles. The quantitative estimate of drug-likeness (QED) is 0.850. The standard InChI is InChI=1S/C13H15NO6S/c15-12(16)13(4-1-5-13)14-21(17,18)9-2-3-10-11(8-9)20-7-6-19-10/h2-3,8,14H,1,4-7H2,(H,15,16). The fraction of sp³-hybridized carbons (Fsp3) is 0.462. The molecule has 0 spiro atoms. The average Bonchev–Trinajstić information content (AvgIpc) is 2.42. The number of ether oxygens (including phenoxy) is 2. The summed E-state index contributed by atoms with van der Waals surface area (Å²) in [5.74, 6) is -0.311. The SMILES string of the molecule is O=C(O)C1(NS(=O)(=O)c2ccc3c(c2)OCCO3)CCC1. The van der Waals surface area contributed by atoms with Crippen LogP contribution in [0.15, 0.2) is 23.1 Å². The van der Waals surface area contributed by atoms with Gasteiger partial charge in [0.2, 0.25) is 10.0 Å². The first-order valence-corrected chi connectivity index (χ1v) is 8.08. The summed E-state index contributed by atoms with van der Waals surface area (Å²) in [6, 6.07) is 4.24. The second-order valence-corrected chi connectivity index (χ2v) is 6.83. The summed E-state index contributed by atoms with van der Waals surface area (Å²) in [7, 11) is -3.92. The van der Waals surface area contributed by atoms with E-state index in [1.807, 2.05) is 0 Å². The van der Waals surface area contributed by atoms with Crippen LogP contribution in [0.2, 0.25) is 0 Å². The van der Waals surface area contributed by atoms with E-state index in [9.17, 15) is 18.3 Å². The zero-order valence-electron chi connectivity index (χ0n) is 11.2. The van der Waals surface area contributed by atoms with Crippen LogP contribution in [0.1, 0.15) is 19.3 Å². The number of benzene rings is 1. The van der Waals surface area contributed by atoms with Crippen molar-refractivity contribution in [2.75, 3.05) is 13.2 Å². The molecule has 0 atom stereocenters. The molecule has 1 fully saturated rings. The van der Waals surface area contributed by atoms with Crippen LogP contribution in [0.25, 0.3) is 0 Å². The van der Waals surface area contributed by atoms with Crippen molar-refractivity contribution in [3.63, 3.8) is 0 Å². The summed E-state index contributed by atoms with van der Waals surface area (Å²) < 4.78 is 37.7. The number of sulfonamides is 1. The number of fused-ring (bicyclic) bond motifs is 1. The minimum atomic E-state index is -3.92. The minimum absolute atomic E-state index is 0.0284. The second kappa shape index (κ2) is 4.88. The second-order valence-electron chi connectivity index (χ2n) is 5.15. The van der Waals surface area contributed by atoms with Crippen molar-refractivity contribution in [3.05, 3.63) is 18.2 Å². The molecule has 114 valence electrons. The van der Waals surface area contributed by atoms with E-state index in [1.54, 1.807) is 0 Å². The fourth-order valence-electron chi connectivity index (χ4n) is 2.40. The molecule has 3 rings (SSSR count). The van der Waals surface area contributed by atoms with Gasteiger partial charge in [0.1, 0.15) is 18.8 Å². The summed E-state index contributed by atoms with van der Waals surface area (Å²) in [5, 5.41) is 9.21. The predicted octanol–water partition coefficient (Wildman–Crippen LogP) is 0.743. The zero-order valence-corrected chi connectivity index (χ0v) is 12.0. The molecular weight excluding hydrogens is 298 g/mol. The Morgan fingerprint density at radius 3 is 2.43 bits per heavy atom. The molecule has 7 nitrogen and oxygen atoms in total. The predicted molar refractivity (Wildman–Crippen MR) is 72.0 cm³/mol. The van der Waals surface area contributed by atoms with Crippen LogP contribution in [0.3, 0.4) is 0 Å². The molecule has 0 unspecified atom stereocenters. The van der Waals surface area contributed by atoms with E-state index in [4.69, 9.17) is 9.47 Å². The Balaban J connectivity index is 1.90. The van der Waals surface area contributed by atoms with Crippen LogP contribution in [-0.4, -0.2) is 38.2 Å². The van der Waals surface area contributed by atoms with Gasteiger partial charge in [-0.2, -0.15) is 4.72 Å². The van der Waals surface area contributed by atoms with Gasteiger partial charge in [-0.1, -0.05) is 0 Å². The monoisotopic (exact) mass is 313 g/mol. The van der Waals surface area contributed by atoms with Gasteiger partial charge in [0.05, 0.1) is 4.90 Å². The number of hydrogen-bond donors (Lipinski definition) is 2. The largest absolute Gasteiger partial charge is 0.486 e. The lowest BCUT2D eigenvalue weighted by Crippen LogP contribution is -2.58. The van der Waals surface area contributed by atoms with Gasteiger partial charge in [-0.05, 0) is 31.4 Å². The van der Waals surface area contributed by atoms with Crippen molar-refractivity contribution in [3.8, 4) is 11.5 Å². The molecular formula is C13H15NO6S. The maximum absolute atomic E-state index is 12.4. The molecule has 8 heteroatoms. The molecule has 0 radical (unpaired) electrons. The van der Waals surface area contributed by atoms with Gasteiger partial charge in [0.15, 0.2) is 11.5 Å². The summed E-state index contributed by atoms with van der Waals surface area (Å²) in [6.07, 6.45) is 1.29. The third-order valence-electron chi connectivity index (χ3n) is 3.77. The molecule has 1 saturated carbocycles. The van der Waals surface area contributed by atoms with E-state index in [2.05, 4.69) is 4.72 Å². The Kier molecular flexibility index (Phi) is 3.29. The third kappa shape index (κ3) is 2.44. The van der Waals surface area contributed by atoms with Crippen LogP contribution in [0.4, 0.5) is 0 Å². The highest BCUT2D eigenvalue weighted by molar-refractivity contribution is 7.89. The van der Waals surface area contributed by atoms with Crippen LogP contribution < -0.4 is 14.2 Å². The first kappa shape index (κ1) is 14.2. The van der Waals surface area contributed by atoms with Crippen LogP contribution in [0.5, 0.6) is 11.5 Å². The van der Waals surface area contributed by atoms with Crippen molar-refractivity contribution in [2.24, 2.45) is 0 Å². The van der Waals surface area contributed by atoms with Crippen molar-refractivity contribution in [2.45, 2.75) is 29.7 Å². The maximum atomic E-state index is 12.4. The highest BCUT2D eigenvalue weighted by Crippen LogP contribution is 2.36. The average molecular weight is 313 g/mol. The Labute approximate surface area is 121 Å². The first-order chi connectivity index (χ1) is 9.93.